The molecule has 1 aromatic rings. The summed E-state index contributed by atoms with van der Waals surface area (Å²) in [7, 11) is 0. The van der Waals surface area contributed by atoms with E-state index >= 15 is 0 Å². The minimum absolute atomic E-state index is 0. The van der Waals surface area contributed by atoms with Crippen LogP contribution in [0.4, 0.5) is 0 Å². The van der Waals surface area contributed by atoms with Gasteiger partial charge in [0.1, 0.15) is 5.75 Å². The summed E-state index contributed by atoms with van der Waals surface area (Å²) in [5, 5.41) is 9.72. The molecular weight excluding hydrogens is 265 g/mol. The molecule has 1 aromatic carbocycles. The fraction of sp³-hybridized carbons (Fsp3) is 0.200. The van der Waals surface area contributed by atoms with Crippen LogP contribution in [0.2, 0.25) is 0 Å². The van der Waals surface area contributed by atoms with Crippen molar-refractivity contribution in [1.29, 1.82) is 0 Å². The van der Waals surface area contributed by atoms with Crippen molar-refractivity contribution in [2.75, 3.05) is 0 Å². The van der Waals surface area contributed by atoms with Gasteiger partial charge in [-0.2, -0.15) is 0 Å². The summed E-state index contributed by atoms with van der Waals surface area (Å²) in [6.07, 6.45) is 1.60. The van der Waals surface area contributed by atoms with Gasteiger partial charge in [0.2, 0.25) is 0 Å². The molecule has 0 unspecified atom stereocenters. The Balaban J connectivity index is 0.00000169. The maximum Gasteiger partial charge on any atom is 0.124 e. The van der Waals surface area contributed by atoms with E-state index in [0.717, 1.165) is 10.0 Å². The molecule has 0 aliphatic heterocycles. The maximum absolute atomic E-state index is 9.72. The van der Waals surface area contributed by atoms with Crippen molar-refractivity contribution < 1.29 is 5.11 Å². The maximum atomic E-state index is 9.72. The summed E-state index contributed by atoms with van der Waals surface area (Å²) < 4.78 is 0.808. The molecule has 78 valence electrons. The van der Waals surface area contributed by atoms with E-state index < -0.39 is 0 Å². The lowest BCUT2D eigenvalue weighted by molar-refractivity contribution is 0.461. The summed E-state index contributed by atoms with van der Waals surface area (Å²) in [4.78, 5) is 0. The predicted octanol–water partition coefficient (Wildman–Crippen LogP) is 3.07. The van der Waals surface area contributed by atoms with Crippen LogP contribution in [-0.4, -0.2) is 5.11 Å². The first-order valence-corrected chi connectivity index (χ1v) is 4.73. The average Bonchev–Trinajstić information content (AvgIpc) is 2.12. The van der Waals surface area contributed by atoms with Crippen LogP contribution in [0.5, 0.6) is 5.75 Å². The Bertz CT molecular complexity index is 341. The number of aryl methyl sites for hydroxylation is 1. The predicted molar refractivity (Wildman–Crippen MR) is 64.9 cm³/mol. The number of nitrogens with two attached hydrogens (primary N) is 1. The highest BCUT2D eigenvalue weighted by atomic mass is 79.9. The zero-order chi connectivity index (χ0) is 10.0. The first-order valence-electron chi connectivity index (χ1n) is 3.94. The average molecular weight is 279 g/mol. The number of aromatic hydroxyl groups is 1. The zero-order valence-electron chi connectivity index (χ0n) is 7.83. The molecule has 3 N–H and O–H groups in total. The molecule has 14 heavy (non-hydrogen) atoms. The van der Waals surface area contributed by atoms with Crippen LogP contribution in [0, 0.1) is 6.92 Å². The van der Waals surface area contributed by atoms with E-state index in [1.807, 2.05) is 19.1 Å². The molecule has 0 aromatic heterocycles. The second kappa shape index (κ2) is 5.39. The Labute approximate surface area is 98.4 Å². The Kier molecular flexibility index (Phi) is 5.19. The minimum Gasteiger partial charge on any atom is -0.507 e. The van der Waals surface area contributed by atoms with Gasteiger partial charge in [0.15, 0.2) is 0 Å². The highest BCUT2D eigenvalue weighted by Crippen LogP contribution is 2.33. The fourth-order valence-corrected chi connectivity index (χ4v) is 1.71. The zero-order valence-corrected chi connectivity index (χ0v) is 10.2. The van der Waals surface area contributed by atoms with E-state index in [9.17, 15) is 5.11 Å². The number of benzene rings is 1. The molecule has 1 atom stereocenters. The molecule has 0 saturated heterocycles. The van der Waals surface area contributed by atoms with E-state index in [4.69, 9.17) is 5.73 Å². The standard InChI is InChI=1S/C10H12BrNO.ClH/c1-3-8(12)9-7(11)5-4-6(2)10(9)13;/h3-5,8,13H,1,12H2,2H3;1H/t8-;/m1./s1. The van der Waals surface area contributed by atoms with Crippen molar-refractivity contribution >= 4 is 28.3 Å². The molecule has 0 fully saturated rings. The molecule has 0 saturated carbocycles. The Morgan fingerprint density at radius 3 is 2.64 bits per heavy atom. The van der Waals surface area contributed by atoms with Gasteiger partial charge in [-0.3, -0.25) is 0 Å². The van der Waals surface area contributed by atoms with E-state index in [1.165, 1.54) is 0 Å². The van der Waals surface area contributed by atoms with Crippen LogP contribution in [-0.2, 0) is 0 Å². The van der Waals surface area contributed by atoms with Crippen molar-refractivity contribution in [2.45, 2.75) is 13.0 Å². The van der Waals surface area contributed by atoms with Gasteiger partial charge in [0.25, 0.3) is 0 Å². The van der Waals surface area contributed by atoms with E-state index in [2.05, 4.69) is 22.5 Å². The van der Waals surface area contributed by atoms with Gasteiger partial charge >= 0.3 is 0 Å². The minimum atomic E-state index is -0.339. The van der Waals surface area contributed by atoms with Crippen LogP contribution >= 0.6 is 28.3 Å². The van der Waals surface area contributed by atoms with Gasteiger partial charge in [-0.1, -0.05) is 28.1 Å². The van der Waals surface area contributed by atoms with E-state index in [1.54, 1.807) is 6.08 Å². The topological polar surface area (TPSA) is 46.2 Å². The highest BCUT2D eigenvalue weighted by molar-refractivity contribution is 9.10. The molecule has 1 rings (SSSR count). The largest absolute Gasteiger partial charge is 0.507 e. The Morgan fingerprint density at radius 2 is 2.14 bits per heavy atom. The fourth-order valence-electron chi connectivity index (χ4n) is 1.13. The molecule has 0 aliphatic rings. The molecule has 0 spiro atoms. The van der Waals surface area contributed by atoms with Crippen LogP contribution in [0.25, 0.3) is 0 Å². The third-order valence-corrected chi connectivity index (χ3v) is 2.64. The van der Waals surface area contributed by atoms with Crippen LogP contribution in [0.3, 0.4) is 0 Å². The van der Waals surface area contributed by atoms with Crippen molar-refractivity contribution in [3.8, 4) is 5.75 Å². The molecule has 0 radical (unpaired) electrons. The Hall–Kier alpha value is -0.510. The van der Waals surface area contributed by atoms with E-state index in [0.29, 0.717) is 5.56 Å². The lowest BCUT2D eigenvalue weighted by Gasteiger charge is -2.13. The normalized spacial score (nSPS) is 11.6. The van der Waals surface area contributed by atoms with E-state index in [-0.39, 0.29) is 24.2 Å². The smallest absolute Gasteiger partial charge is 0.124 e. The van der Waals surface area contributed by atoms with Gasteiger partial charge in [-0.15, -0.1) is 19.0 Å². The first kappa shape index (κ1) is 13.5. The van der Waals surface area contributed by atoms with Crippen LogP contribution in [0.1, 0.15) is 17.2 Å². The number of hydrogen-bond donors (Lipinski definition) is 2. The van der Waals surface area contributed by atoms with Crippen molar-refractivity contribution in [3.63, 3.8) is 0 Å². The number of phenols is 1. The van der Waals surface area contributed by atoms with Crippen molar-refractivity contribution in [2.24, 2.45) is 5.73 Å². The highest BCUT2D eigenvalue weighted by Gasteiger charge is 2.13. The summed E-state index contributed by atoms with van der Waals surface area (Å²) in [6.45, 7) is 5.43. The third kappa shape index (κ3) is 2.50. The molecule has 0 amide bonds. The number of phenolic OH excluding ortho intramolecular Hbond substituents is 1. The molecule has 0 aliphatic carbocycles. The van der Waals surface area contributed by atoms with Gasteiger partial charge in [-0.05, 0) is 18.6 Å². The SMILES string of the molecule is C=C[C@@H](N)c1c(Br)ccc(C)c1O.Cl. The van der Waals surface area contributed by atoms with Gasteiger partial charge in [0.05, 0.1) is 6.04 Å². The summed E-state index contributed by atoms with van der Waals surface area (Å²) in [6, 6.07) is 3.36. The second-order valence-corrected chi connectivity index (χ2v) is 3.74. The first-order chi connectivity index (χ1) is 6.07. The quantitative estimate of drug-likeness (QED) is 0.817. The number of rotatable bonds is 2. The molecule has 2 nitrogen and oxygen atoms in total. The van der Waals surface area contributed by atoms with Crippen molar-refractivity contribution in [3.05, 3.63) is 40.4 Å². The number of halogens is 2. The lowest BCUT2D eigenvalue weighted by Crippen LogP contribution is -2.08. The molecular formula is C10H13BrClNO. The lowest BCUT2D eigenvalue weighted by atomic mass is 10.0. The molecule has 4 heteroatoms. The third-order valence-electron chi connectivity index (χ3n) is 1.95. The summed E-state index contributed by atoms with van der Waals surface area (Å²) in [5.74, 6) is 0.238. The molecule has 0 heterocycles. The van der Waals surface area contributed by atoms with Crippen LogP contribution in [0.15, 0.2) is 29.3 Å². The Morgan fingerprint density at radius 1 is 1.57 bits per heavy atom. The van der Waals surface area contributed by atoms with Gasteiger partial charge in [0, 0.05) is 10.0 Å². The summed E-state index contributed by atoms with van der Waals surface area (Å²) in [5.41, 5.74) is 7.26. The summed E-state index contributed by atoms with van der Waals surface area (Å²) >= 11 is 3.33. The van der Waals surface area contributed by atoms with Gasteiger partial charge in [-0.25, -0.2) is 0 Å². The van der Waals surface area contributed by atoms with Crippen molar-refractivity contribution in [1.82, 2.24) is 0 Å². The number of hydrogen-bond acceptors (Lipinski definition) is 2. The van der Waals surface area contributed by atoms with Gasteiger partial charge < -0.3 is 10.8 Å². The molecule has 0 bridgehead atoms. The van der Waals surface area contributed by atoms with Crippen LogP contribution < -0.4 is 5.73 Å². The monoisotopic (exact) mass is 277 g/mol. The second-order valence-electron chi connectivity index (χ2n) is 2.89.